The summed E-state index contributed by atoms with van der Waals surface area (Å²) in [5, 5.41) is 0. The highest BCUT2D eigenvalue weighted by atomic mass is 19.4. The summed E-state index contributed by atoms with van der Waals surface area (Å²) < 4.78 is 106. The second-order valence-corrected chi connectivity index (χ2v) is 26.8. The summed E-state index contributed by atoms with van der Waals surface area (Å²) in [6.07, 6.45) is 13.2. The van der Waals surface area contributed by atoms with Gasteiger partial charge in [-0.15, -0.1) is 0 Å². The maximum Gasteiger partial charge on any atom is 0.762 e. The lowest BCUT2D eigenvalue weighted by atomic mass is 9.88. The van der Waals surface area contributed by atoms with Crippen molar-refractivity contribution in [2.75, 3.05) is 0 Å². The van der Waals surface area contributed by atoms with Crippen molar-refractivity contribution in [3.8, 4) is 33.4 Å². The zero-order valence-corrected chi connectivity index (χ0v) is 53.1. The standard InChI is InChI=1S/C69H81O3.3BF3.3FH/c1-64(2,3)58-37-49(38-59(70-58)65(4,5)6)22-19-46-25-31-52(32-26-46)55-43-56(53-33-27-47(28-34-53)20-23-50-39-60(66(7,8)9)71-61(40-50)67(10,11)12)45-57(44-55)54-35-29-48(30-36-54)21-24-51-41-62(68(13,14)15)72-63(42-51)69(16,17)18;3*2-1(3)4;;;/h19-45H,1-18H3;;;;3*1H/q+3;;;;;;/p-3/b22-19+,23-20+,24-21+;;;;;;. The molecule has 3 heterocycles. The first kappa shape index (κ1) is 77.9. The van der Waals surface area contributed by atoms with Gasteiger partial charge in [-0.1, -0.05) is 109 Å². The maximum absolute atomic E-state index is 9.67. The molecule has 4 aromatic carbocycles. The maximum atomic E-state index is 9.67. The Morgan fingerprint density at radius 3 is 0.506 bits per heavy atom. The van der Waals surface area contributed by atoms with E-state index in [1.807, 2.05) is 0 Å². The van der Waals surface area contributed by atoms with E-state index in [1.165, 1.54) is 0 Å². The van der Waals surface area contributed by atoms with Gasteiger partial charge in [-0.25, -0.2) is 13.3 Å². The van der Waals surface area contributed by atoms with Crippen LogP contribution in [0.5, 0.6) is 0 Å². The third-order valence-electron chi connectivity index (χ3n) is 13.0. The van der Waals surface area contributed by atoms with Crippen molar-refractivity contribution in [2.45, 2.75) is 157 Å². The van der Waals surface area contributed by atoms with E-state index in [0.29, 0.717) is 0 Å². The largest absolute Gasteiger partial charge is 1.00 e. The second-order valence-electron chi connectivity index (χ2n) is 26.8. The molecule has 0 saturated heterocycles. The molecule has 87 heavy (non-hydrogen) atoms. The van der Waals surface area contributed by atoms with E-state index in [1.54, 1.807) is 0 Å². The molecule has 3 aromatic heterocycles. The van der Waals surface area contributed by atoms with Gasteiger partial charge in [0.25, 0.3) is 0 Å². The minimum absolute atomic E-state index is 0. The molecule has 0 amide bonds. The first-order valence-electron chi connectivity index (χ1n) is 27.8. The van der Waals surface area contributed by atoms with Crippen LogP contribution in [0.25, 0.3) is 69.8 Å². The molecule has 0 aliphatic carbocycles. The molecule has 7 aromatic rings. The average Bonchev–Trinajstić information content (AvgIpc) is 2.62. The highest BCUT2D eigenvalue weighted by molar-refractivity contribution is 6.33. The van der Waals surface area contributed by atoms with Crippen molar-refractivity contribution >= 4 is 59.1 Å². The Labute approximate surface area is 509 Å². The van der Waals surface area contributed by atoms with Gasteiger partial charge < -0.3 is 14.1 Å². The fraction of sp³-hybridized carbons (Fsp3) is 0.348. The Hall–Kier alpha value is -7.10. The topological polar surface area (TPSA) is 33.9 Å². The van der Waals surface area contributed by atoms with E-state index in [4.69, 9.17) is 13.3 Å². The van der Waals surface area contributed by atoms with E-state index in [-0.39, 0.29) is 46.6 Å². The van der Waals surface area contributed by atoms with Crippen molar-refractivity contribution in [3.63, 3.8) is 0 Å². The molecule has 0 spiro atoms. The van der Waals surface area contributed by atoms with Crippen LogP contribution >= 0.6 is 0 Å². The van der Waals surface area contributed by atoms with Crippen LogP contribution in [-0.2, 0) is 32.5 Å². The zero-order valence-electron chi connectivity index (χ0n) is 53.1. The molecular weight excluding hydrogens is 1140 g/mol. The number of hydrogen-bond acceptors (Lipinski definition) is 0. The number of benzene rings is 4. The lowest BCUT2D eigenvalue weighted by molar-refractivity contribution is -0.00100. The van der Waals surface area contributed by atoms with Gasteiger partial charge in [0.1, 0.15) is 0 Å². The van der Waals surface area contributed by atoms with Gasteiger partial charge in [0.05, 0.1) is 32.5 Å². The Bertz CT molecular complexity index is 2870. The summed E-state index contributed by atoms with van der Waals surface area (Å²) in [7, 11) is -11.0. The summed E-state index contributed by atoms with van der Waals surface area (Å²) >= 11 is 0. The summed E-state index contributed by atoms with van der Waals surface area (Å²) in [5.41, 5.74) is 13.2. The fourth-order valence-corrected chi connectivity index (χ4v) is 8.14. The predicted molar refractivity (Wildman–Crippen MR) is 338 cm³/mol. The van der Waals surface area contributed by atoms with Crippen LogP contribution in [0.1, 0.15) is 193 Å². The Morgan fingerprint density at radius 2 is 0.368 bits per heavy atom. The lowest BCUT2D eigenvalue weighted by Crippen LogP contribution is -3.00. The average molecular weight is 1220 g/mol. The molecule has 0 atom stereocenters. The van der Waals surface area contributed by atoms with Crippen LogP contribution in [0.2, 0.25) is 0 Å². The van der Waals surface area contributed by atoms with Crippen LogP contribution in [-0.4, -0.2) is 22.6 Å². The van der Waals surface area contributed by atoms with Gasteiger partial charge in [-0.2, -0.15) is 0 Å². The molecule has 0 radical (unpaired) electrons. The van der Waals surface area contributed by atoms with Crippen molar-refractivity contribution in [3.05, 3.63) is 195 Å². The third-order valence-corrected chi connectivity index (χ3v) is 13.0. The molecule has 7 rings (SSSR count). The van der Waals surface area contributed by atoms with Crippen molar-refractivity contribution in [1.29, 1.82) is 0 Å². The van der Waals surface area contributed by atoms with Crippen molar-refractivity contribution in [2.24, 2.45) is 0 Å². The van der Waals surface area contributed by atoms with Crippen molar-refractivity contribution in [1.82, 2.24) is 0 Å². The highest BCUT2D eigenvalue weighted by Crippen LogP contribution is 2.37. The van der Waals surface area contributed by atoms with Gasteiger partial charge >= 0.3 is 57.2 Å². The number of halogens is 12. The molecule has 0 N–H and O–H groups in total. The smallest absolute Gasteiger partial charge is 0.762 e. The molecule has 3 nitrogen and oxygen atoms in total. The monoisotopic (exact) mass is 1220 g/mol. The van der Waals surface area contributed by atoms with Gasteiger partial charge in [0.2, 0.25) is 0 Å². The molecular formula is C69H81B3F12O3. The quantitative estimate of drug-likeness (QED) is 0.0821. The van der Waals surface area contributed by atoms with Gasteiger partial charge in [0, 0.05) is 36.4 Å². The van der Waals surface area contributed by atoms with Crippen molar-refractivity contribution < 1.29 is 66.2 Å². The molecule has 0 aliphatic rings. The molecule has 0 fully saturated rings. The first-order chi connectivity index (χ1) is 38.6. The van der Waals surface area contributed by atoms with Crippen LogP contribution in [0.3, 0.4) is 0 Å². The lowest BCUT2D eigenvalue weighted by Gasteiger charge is -2.14. The summed E-state index contributed by atoms with van der Waals surface area (Å²) in [4.78, 5) is 0. The fourth-order valence-electron chi connectivity index (χ4n) is 8.14. The number of rotatable bonds is 9. The van der Waals surface area contributed by atoms with Gasteiger partial charge in [-0.05, 0) is 210 Å². The van der Waals surface area contributed by atoms with Crippen LogP contribution in [0.15, 0.2) is 141 Å². The highest BCUT2D eigenvalue weighted by Gasteiger charge is 2.36. The van der Waals surface area contributed by atoms with Gasteiger partial charge in [0.15, 0.2) is 0 Å². The summed E-state index contributed by atoms with van der Waals surface area (Å²) in [6, 6.07) is 46.8. The summed E-state index contributed by atoms with van der Waals surface area (Å²) in [5.74, 6) is 5.91. The molecule has 0 saturated carbocycles. The summed E-state index contributed by atoms with van der Waals surface area (Å²) in [6.45, 7) is 39.6. The van der Waals surface area contributed by atoms with Gasteiger partial charge in [-0.3, -0.25) is 38.8 Å². The first-order valence-corrected chi connectivity index (χ1v) is 27.8. The molecule has 18 heteroatoms. The Kier molecular flexibility index (Phi) is 28.9. The minimum atomic E-state index is -3.67. The Balaban J connectivity index is 0.00000231. The SMILES string of the molecule is CC(C)(C)c1cc(/C=C/c2ccc(-c3cc(-c4ccc(/C=C/c5cc(C(C)(C)C)[o+]c(C(C)(C)C)c5)cc4)cc(-c4ccc(/C=C/c5cc(C(C)(C)C)[o+]c(C(C)(C)C)c5)cc4)c3)cc2)cc(C(C)(C)C)[o+]1.FB(F)F.FB(F)F.FB(F)F.[F-].[F-].[F-]. The molecule has 0 unspecified atom stereocenters. The Morgan fingerprint density at radius 1 is 0.230 bits per heavy atom. The minimum Gasteiger partial charge on any atom is -1.00 e. The molecule has 0 aliphatic heterocycles. The predicted octanol–water partition coefficient (Wildman–Crippen LogP) is 14.3. The second kappa shape index (κ2) is 32.2. The zero-order chi connectivity index (χ0) is 63.3. The van der Waals surface area contributed by atoms with Crippen LogP contribution < -0.4 is 14.1 Å². The van der Waals surface area contributed by atoms with Crippen LogP contribution in [0.4, 0.5) is 38.8 Å². The number of hydrogen-bond donors (Lipinski definition) is 0. The van der Waals surface area contributed by atoms with E-state index < -0.39 is 22.6 Å². The normalized spacial score (nSPS) is 11.9. The molecule has 0 bridgehead atoms. The van der Waals surface area contributed by atoms with E-state index >= 15 is 0 Å². The van der Waals surface area contributed by atoms with E-state index in [2.05, 4.69) is 288 Å². The van der Waals surface area contributed by atoms with Crippen LogP contribution in [0, 0.1) is 0 Å². The van der Waals surface area contributed by atoms with E-state index in [0.717, 1.165) is 101 Å². The third kappa shape index (κ3) is 26.0. The van der Waals surface area contributed by atoms with E-state index in [9.17, 15) is 38.8 Å². The molecule has 468 valence electrons.